The summed E-state index contributed by atoms with van der Waals surface area (Å²) < 4.78 is 61.1. The third kappa shape index (κ3) is 2.56. The van der Waals surface area contributed by atoms with Crippen LogP contribution in [0.5, 0.6) is 0 Å². The lowest BCUT2D eigenvalue weighted by molar-refractivity contribution is -0.141. The summed E-state index contributed by atoms with van der Waals surface area (Å²) >= 11 is 5.40. The molecule has 1 heterocycles. The molecule has 7 heteroatoms. The van der Waals surface area contributed by atoms with Crippen LogP contribution in [0.15, 0.2) is 6.07 Å². The van der Waals surface area contributed by atoms with Crippen LogP contribution in [0.4, 0.5) is 22.0 Å². The molecule has 1 aromatic heterocycles. The summed E-state index contributed by atoms with van der Waals surface area (Å²) in [6, 6.07) is 0.531. The van der Waals surface area contributed by atoms with Crippen LogP contribution in [0.3, 0.4) is 0 Å². The molecule has 0 spiro atoms. The molecule has 84 valence electrons. The van der Waals surface area contributed by atoms with E-state index in [1.165, 1.54) is 6.92 Å². The minimum Gasteiger partial charge on any atom is -0.242 e. The third-order valence-electron chi connectivity index (χ3n) is 1.74. The van der Waals surface area contributed by atoms with Crippen molar-refractivity contribution in [2.75, 3.05) is 0 Å². The van der Waals surface area contributed by atoms with Gasteiger partial charge in [0.2, 0.25) is 0 Å². The van der Waals surface area contributed by atoms with Gasteiger partial charge in [0.1, 0.15) is 11.4 Å². The zero-order valence-corrected chi connectivity index (χ0v) is 8.13. The number of alkyl halides is 5. The van der Waals surface area contributed by atoms with Gasteiger partial charge in [0.05, 0.1) is 0 Å². The highest BCUT2D eigenvalue weighted by Gasteiger charge is 2.34. The number of hydrogen-bond donors (Lipinski definition) is 0. The van der Waals surface area contributed by atoms with Gasteiger partial charge in [0.15, 0.2) is 0 Å². The molecule has 0 unspecified atom stereocenters. The summed E-state index contributed by atoms with van der Waals surface area (Å²) in [6.45, 7) is 1.19. The monoisotopic (exact) mass is 245 g/mol. The van der Waals surface area contributed by atoms with Crippen LogP contribution in [-0.2, 0) is 6.18 Å². The Morgan fingerprint density at radius 3 is 2.27 bits per heavy atom. The number of rotatable bonds is 1. The average molecular weight is 246 g/mol. The maximum absolute atomic E-state index is 12.3. The van der Waals surface area contributed by atoms with Gasteiger partial charge in [-0.05, 0) is 18.6 Å². The second-order valence-corrected chi connectivity index (χ2v) is 3.21. The fourth-order valence-corrected chi connectivity index (χ4v) is 1.15. The fourth-order valence-electron chi connectivity index (χ4n) is 0.954. The summed E-state index contributed by atoms with van der Waals surface area (Å²) in [5.74, 6) is 0. The van der Waals surface area contributed by atoms with Crippen LogP contribution >= 0.6 is 11.6 Å². The molecule has 0 aliphatic rings. The predicted molar refractivity (Wildman–Crippen MR) is 43.9 cm³/mol. The van der Waals surface area contributed by atoms with Gasteiger partial charge in [0, 0.05) is 5.02 Å². The number of aromatic nitrogens is 1. The molecule has 0 fully saturated rings. The van der Waals surface area contributed by atoms with Crippen molar-refractivity contribution < 1.29 is 22.0 Å². The Labute approximate surface area is 86.9 Å². The Balaban J connectivity index is 3.36. The number of halogens is 6. The topological polar surface area (TPSA) is 12.9 Å². The molecule has 15 heavy (non-hydrogen) atoms. The highest BCUT2D eigenvalue weighted by Crippen LogP contribution is 2.33. The van der Waals surface area contributed by atoms with Gasteiger partial charge in [0.25, 0.3) is 6.43 Å². The van der Waals surface area contributed by atoms with E-state index < -0.39 is 24.0 Å². The van der Waals surface area contributed by atoms with E-state index in [0.717, 1.165) is 0 Å². The van der Waals surface area contributed by atoms with E-state index in [1.807, 2.05) is 0 Å². The van der Waals surface area contributed by atoms with Crippen molar-refractivity contribution in [1.29, 1.82) is 0 Å². The van der Waals surface area contributed by atoms with E-state index in [-0.39, 0.29) is 10.6 Å². The number of hydrogen-bond acceptors (Lipinski definition) is 1. The van der Waals surface area contributed by atoms with Crippen molar-refractivity contribution in [3.8, 4) is 0 Å². The Kier molecular flexibility index (Phi) is 3.18. The molecular weight excluding hydrogens is 241 g/mol. The summed E-state index contributed by atoms with van der Waals surface area (Å²) in [5.41, 5.74) is -2.48. The van der Waals surface area contributed by atoms with E-state index in [4.69, 9.17) is 11.6 Å². The second-order valence-electron chi connectivity index (χ2n) is 2.80. The van der Waals surface area contributed by atoms with Crippen molar-refractivity contribution in [3.05, 3.63) is 28.0 Å². The van der Waals surface area contributed by atoms with Crippen LogP contribution in [-0.4, -0.2) is 4.98 Å². The zero-order valence-electron chi connectivity index (χ0n) is 7.37. The molecule has 0 aromatic carbocycles. The molecule has 0 bridgehead atoms. The normalized spacial score (nSPS) is 12.3. The first kappa shape index (κ1) is 12.2. The Hall–Kier alpha value is -0.910. The lowest BCUT2D eigenvalue weighted by Gasteiger charge is -2.11. The molecule has 0 saturated carbocycles. The third-order valence-corrected chi connectivity index (χ3v) is 2.14. The lowest BCUT2D eigenvalue weighted by atomic mass is 10.2. The lowest BCUT2D eigenvalue weighted by Crippen LogP contribution is -2.11. The molecule has 0 atom stereocenters. The first-order chi connectivity index (χ1) is 6.73. The van der Waals surface area contributed by atoms with Crippen LogP contribution < -0.4 is 0 Å². The molecule has 1 aromatic rings. The summed E-state index contributed by atoms with van der Waals surface area (Å²) in [4.78, 5) is 2.84. The van der Waals surface area contributed by atoms with E-state index in [0.29, 0.717) is 6.07 Å². The van der Waals surface area contributed by atoms with Gasteiger partial charge in [-0.15, -0.1) is 0 Å². The van der Waals surface area contributed by atoms with Crippen LogP contribution in [0.2, 0.25) is 5.02 Å². The van der Waals surface area contributed by atoms with Gasteiger partial charge < -0.3 is 0 Å². The summed E-state index contributed by atoms with van der Waals surface area (Å²) in [6.07, 6.45) is -7.86. The molecule has 0 saturated heterocycles. The predicted octanol–water partition coefficient (Wildman–Crippen LogP) is 4.00. The van der Waals surface area contributed by atoms with Crippen molar-refractivity contribution in [1.82, 2.24) is 4.98 Å². The molecule has 0 aliphatic heterocycles. The maximum Gasteiger partial charge on any atom is 0.433 e. The van der Waals surface area contributed by atoms with Crippen LogP contribution in [0.25, 0.3) is 0 Å². The van der Waals surface area contributed by atoms with Gasteiger partial charge in [-0.2, -0.15) is 13.2 Å². The van der Waals surface area contributed by atoms with Crippen molar-refractivity contribution in [2.45, 2.75) is 19.5 Å². The molecular formula is C8H5ClF5N. The Morgan fingerprint density at radius 2 is 1.87 bits per heavy atom. The van der Waals surface area contributed by atoms with Gasteiger partial charge in [-0.3, -0.25) is 0 Å². The fraction of sp³-hybridized carbons (Fsp3) is 0.375. The summed E-state index contributed by atoms with van der Waals surface area (Å²) in [7, 11) is 0. The maximum atomic E-state index is 12.3. The zero-order chi connectivity index (χ0) is 11.8. The van der Waals surface area contributed by atoms with Gasteiger partial charge >= 0.3 is 6.18 Å². The highest BCUT2D eigenvalue weighted by molar-refractivity contribution is 6.31. The van der Waals surface area contributed by atoms with Crippen LogP contribution in [0, 0.1) is 6.92 Å². The van der Waals surface area contributed by atoms with E-state index in [9.17, 15) is 22.0 Å². The van der Waals surface area contributed by atoms with Crippen LogP contribution in [0.1, 0.15) is 23.4 Å². The number of pyridine rings is 1. The van der Waals surface area contributed by atoms with Crippen molar-refractivity contribution >= 4 is 11.6 Å². The second kappa shape index (κ2) is 3.92. The molecule has 0 aliphatic carbocycles. The smallest absolute Gasteiger partial charge is 0.242 e. The Bertz CT molecular complexity index is 374. The average Bonchev–Trinajstić information content (AvgIpc) is 2.06. The largest absolute Gasteiger partial charge is 0.433 e. The standard InChI is InChI=1S/C8H5ClF5N/c1-3-4(9)2-5(8(12,13)14)15-6(3)7(10)11/h2,7H,1H3. The molecule has 0 amide bonds. The first-order valence-corrected chi connectivity index (χ1v) is 4.13. The SMILES string of the molecule is Cc1c(Cl)cc(C(F)(F)F)nc1C(F)F. The van der Waals surface area contributed by atoms with E-state index >= 15 is 0 Å². The van der Waals surface area contributed by atoms with E-state index in [2.05, 4.69) is 4.98 Å². The minimum absolute atomic E-state index is 0.139. The quantitative estimate of drug-likeness (QED) is 0.682. The van der Waals surface area contributed by atoms with Gasteiger partial charge in [-0.1, -0.05) is 11.6 Å². The Morgan fingerprint density at radius 1 is 1.33 bits per heavy atom. The molecule has 1 rings (SSSR count). The van der Waals surface area contributed by atoms with Crippen molar-refractivity contribution in [2.24, 2.45) is 0 Å². The highest BCUT2D eigenvalue weighted by atomic mass is 35.5. The van der Waals surface area contributed by atoms with Crippen molar-refractivity contribution in [3.63, 3.8) is 0 Å². The van der Waals surface area contributed by atoms with E-state index in [1.54, 1.807) is 0 Å². The first-order valence-electron chi connectivity index (χ1n) is 3.76. The molecule has 1 nitrogen and oxygen atoms in total. The molecule has 0 radical (unpaired) electrons. The summed E-state index contributed by atoms with van der Waals surface area (Å²) in [5, 5.41) is -0.368. The minimum atomic E-state index is -4.78. The molecule has 0 N–H and O–H groups in total. The number of nitrogens with zero attached hydrogens (tertiary/aromatic N) is 1. The van der Waals surface area contributed by atoms with Gasteiger partial charge in [-0.25, -0.2) is 13.8 Å².